The minimum atomic E-state index is -1.72. The molecule has 3 nitrogen and oxygen atoms in total. The van der Waals surface area contributed by atoms with Crippen molar-refractivity contribution in [2.75, 3.05) is 0 Å². The summed E-state index contributed by atoms with van der Waals surface area (Å²) in [6.07, 6.45) is 4.76. The molecule has 0 aliphatic heterocycles. The molecular weight excluding hydrogens is 839 g/mol. The summed E-state index contributed by atoms with van der Waals surface area (Å²) in [5.74, 6) is 6.41. The first kappa shape index (κ1) is 35.3. The molecule has 0 atom stereocenters. The quantitative estimate of drug-likeness (QED) is 0.123. The maximum atomic E-state index is 14.1. The molecule has 0 unspecified atom stereocenters. The van der Waals surface area contributed by atoms with Gasteiger partial charge in [-0.1, -0.05) is 55.3 Å². The predicted octanol–water partition coefficient (Wildman–Crippen LogP) is 10.7. The van der Waals surface area contributed by atoms with Crippen LogP contribution in [0.5, 0.6) is 0 Å². The molecule has 48 heavy (non-hydrogen) atoms. The van der Waals surface area contributed by atoms with Gasteiger partial charge in [-0.15, -0.1) is 11.6 Å². The molecule has 0 amide bonds. The number of para-hydroxylation sites is 1. The van der Waals surface area contributed by atoms with Gasteiger partial charge in [0.2, 0.25) is 0 Å². The predicted molar refractivity (Wildman–Crippen MR) is 191 cm³/mol. The number of halogens is 2. The van der Waals surface area contributed by atoms with Crippen molar-refractivity contribution in [3.05, 3.63) is 139 Å². The van der Waals surface area contributed by atoms with Gasteiger partial charge in [-0.05, 0) is 58.6 Å². The van der Waals surface area contributed by atoms with Crippen LogP contribution < -0.4 is 4.40 Å². The van der Waals surface area contributed by atoms with E-state index in [-0.39, 0.29) is 20.1 Å². The molecule has 0 spiro atoms. The maximum absolute atomic E-state index is 14.1. The monoisotopic (exact) mass is 877 g/mol. The minimum absolute atomic E-state index is 0. The molecule has 7 heteroatoms. The van der Waals surface area contributed by atoms with Crippen LogP contribution in [-0.2, 0) is 26.5 Å². The largest absolute Gasteiger partial charge is 0 e. The molecule has 0 saturated carbocycles. The molecule has 7 rings (SSSR count). The third-order valence-corrected chi connectivity index (χ3v) is 12.2. The van der Waals surface area contributed by atoms with Crippen molar-refractivity contribution in [3.8, 4) is 33.6 Å². The molecule has 4 aromatic carbocycles. The van der Waals surface area contributed by atoms with E-state index in [1.807, 2.05) is 72.9 Å². The number of fused-ring (bicyclic) bond motifs is 3. The van der Waals surface area contributed by atoms with Crippen LogP contribution in [0.3, 0.4) is 0 Å². The standard InChI is InChI=1S/C27H20F2NO.C14H16GeN.Ir/c1-16(2)9-17-7-8-30-24(10-17)19-13-23(18-11-20(28)15-21(29)12-18)27-22-5-3-4-6-25(22)31-26(27)14-19;1-15(2,3)13-9-10-14(16-11-13)12-7-5-4-6-8-12;/h3-8,10-13,15-16H,9H2,1-2H3;4-7,9-11H,1-3H3;/q2*-1;. The number of aromatic nitrogens is 2. The fourth-order valence-electron chi connectivity index (χ4n) is 5.62. The average Bonchev–Trinajstić information content (AvgIpc) is 3.43. The fourth-order valence-corrected chi connectivity index (χ4v) is 7.79. The van der Waals surface area contributed by atoms with Gasteiger partial charge in [0.1, 0.15) is 17.2 Å². The van der Waals surface area contributed by atoms with Crippen LogP contribution in [0.15, 0.2) is 114 Å². The smallest absolute Gasteiger partial charge is 0 e. The van der Waals surface area contributed by atoms with Gasteiger partial charge in [0.25, 0.3) is 0 Å². The summed E-state index contributed by atoms with van der Waals surface area (Å²) in [6.45, 7) is 4.34. The van der Waals surface area contributed by atoms with E-state index in [9.17, 15) is 8.78 Å². The molecule has 3 aromatic heterocycles. The van der Waals surface area contributed by atoms with E-state index in [1.165, 1.54) is 22.1 Å². The van der Waals surface area contributed by atoms with Crippen LogP contribution in [-0.4, -0.2) is 23.2 Å². The number of hydrogen-bond acceptors (Lipinski definition) is 3. The van der Waals surface area contributed by atoms with Crippen LogP contribution >= 0.6 is 0 Å². The molecule has 0 aliphatic carbocycles. The van der Waals surface area contributed by atoms with Crippen LogP contribution in [0.2, 0.25) is 17.3 Å². The Labute approximate surface area is 297 Å². The summed E-state index contributed by atoms with van der Waals surface area (Å²) in [6, 6.07) is 35.9. The first-order valence-corrected chi connectivity index (χ1v) is 23.1. The zero-order chi connectivity index (χ0) is 33.1. The van der Waals surface area contributed by atoms with Gasteiger partial charge < -0.3 is 9.40 Å². The van der Waals surface area contributed by atoms with Gasteiger partial charge in [-0.2, -0.15) is 0 Å². The number of hydrogen-bond donors (Lipinski definition) is 0. The zero-order valence-corrected chi connectivity index (χ0v) is 32.1. The Kier molecular flexibility index (Phi) is 11.1. The van der Waals surface area contributed by atoms with E-state index in [0.717, 1.165) is 45.8 Å². The van der Waals surface area contributed by atoms with Crippen molar-refractivity contribution in [3.63, 3.8) is 0 Å². The Hall–Kier alpha value is -3.97. The molecule has 1 radical (unpaired) electrons. The summed E-state index contributed by atoms with van der Waals surface area (Å²) < 4.78 is 35.6. The maximum Gasteiger partial charge on any atom is 0 e. The first-order chi connectivity index (χ1) is 22.5. The van der Waals surface area contributed by atoms with Crippen molar-refractivity contribution in [1.29, 1.82) is 0 Å². The molecule has 7 aromatic rings. The second-order valence-corrected chi connectivity index (χ2v) is 23.8. The third kappa shape index (κ3) is 8.18. The van der Waals surface area contributed by atoms with Crippen molar-refractivity contribution < 1.29 is 33.3 Å². The number of rotatable bonds is 6. The molecule has 245 valence electrons. The molecule has 3 heterocycles. The van der Waals surface area contributed by atoms with E-state index in [1.54, 1.807) is 6.20 Å². The SMILES string of the molecule is CC(C)Cc1ccnc(-c2[c-]c3oc4ccccc4c3c(-c3cc(F)cc(F)c3)c2)c1.[CH3][Ge]([CH3])([CH3])[c]1ccc(-c2[c-]cccc2)nc1.[Ir]. The summed E-state index contributed by atoms with van der Waals surface area (Å²) in [7, 11) is 0. The van der Waals surface area contributed by atoms with Crippen molar-refractivity contribution in [1.82, 2.24) is 9.97 Å². The average molecular weight is 876 g/mol. The molecule has 0 saturated heterocycles. The van der Waals surface area contributed by atoms with Gasteiger partial charge in [0.05, 0.1) is 5.58 Å². The Balaban J connectivity index is 0.000000224. The van der Waals surface area contributed by atoms with Gasteiger partial charge >= 0.3 is 99.8 Å². The van der Waals surface area contributed by atoms with Gasteiger partial charge in [0, 0.05) is 32.4 Å². The van der Waals surface area contributed by atoms with Gasteiger partial charge in [-0.3, -0.25) is 0 Å². The van der Waals surface area contributed by atoms with Gasteiger partial charge in [-0.25, -0.2) is 8.78 Å². The van der Waals surface area contributed by atoms with E-state index >= 15 is 0 Å². The van der Waals surface area contributed by atoms with Crippen molar-refractivity contribution >= 4 is 39.6 Å². The second kappa shape index (κ2) is 15.1. The number of benzene rings is 4. The Morgan fingerprint density at radius 3 is 2.21 bits per heavy atom. The summed E-state index contributed by atoms with van der Waals surface area (Å²) in [5.41, 5.74) is 7.09. The first-order valence-electron chi connectivity index (χ1n) is 15.8. The Morgan fingerprint density at radius 1 is 0.792 bits per heavy atom. The summed E-state index contributed by atoms with van der Waals surface area (Å²) in [5, 5.41) is 1.66. The number of furan rings is 1. The number of pyridine rings is 2. The van der Waals surface area contributed by atoms with Crippen molar-refractivity contribution in [2.45, 2.75) is 37.5 Å². The normalized spacial score (nSPS) is 11.3. The van der Waals surface area contributed by atoms with Gasteiger partial charge in [0.15, 0.2) is 0 Å². The Morgan fingerprint density at radius 2 is 1.54 bits per heavy atom. The summed E-state index contributed by atoms with van der Waals surface area (Å²) >= 11 is -1.72. The van der Waals surface area contributed by atoms with E-state index in [4.69, 9.17) is 4.42 Å². The number of nitrogens with zero attached hydrogens (tertiary/aromatic N) is 2. The van der Waals surface area contributed by atoms with Crippen LogP contribution in [0, 0.1) is 29.7 Å². The van der Waals surface area contributed by atoms with Crippen molar-refractivity contribution in [2.24, 2.45) is 5.92 Å². The van der Waals surface area contributed by atoms with E-state index in [0.29, 0.717) is 28.2 Å². The zero-order valence-electron chi connectivity index (χ0n) is 27.6. The molecule has 0 bridgehead atoms. The third-order valence-electron chi connectivity index (χ3n) is 7.93. The second-order valence-electron chi connectivity index (χ2n) is 13.2. The molecule has 0 fully saturated rings. The van der Waals surface area contributed by atoms with E-state index in [2.05, 4.69) is 65.3 Å². The topological polar surface area (TPSA) is 38.9 Å². The van der Waals surface area contributed by atoms with Crippen LogP contribution in [0.1, 0.15) is 19.4 Å². The van der Waals surface area contributed by atoms with Crippen LogP contribution in [0.25, 0.3) is 55.6 Å². The fraction of sp³-hybridized carbons (Fsp3) is 0.171. The molecule has 0 N–H and O–H groups in total. The molecular formula is C41H36F2GeIrN2O-2. The Bertz CT molecular complexity index is 2140. The summed E-state index contributed by atoms with van der Waals surface area (Å²) in [4.78, 5) is 9.06. The van der Waals surface area contributed by atoms with Crippen LogP contribution in [0.4, 0.5) is 8.78 Å². The van der Waals surface area contributed by atoms with E-state index < -0.39 is 24.9 Å². The minimum Gasteiger partial charge on any atom is 0 e. The molecule has 0 aliphatic rings.